The Morgan fingerprint density at radius 1 is 1.59 bits per heavy atom. The van der Waals surface area contributed by atoms with Crippen molar-refractivity contribution < 1.29 is 9.52 Å². The zero-order chi connectivity index (χ0) is 12.6. The second-order valence-corrected chi connectivity index (χ2v) is 5.00. The molecular formula is C11H12BrClN2O2. The summed E-state index contributed by atoms with van der Waals surface area (Å²) < 4.78 is 7.83. The fourth-order valence-electron chi connectivity index (χ4n) is 1.69. The molecule has 6 heteroatoms. The van der Waals surface area contributed by atoms with Crippen molar-refractivity contribution in [1.82, 2.24) is 9.78 Å². The molecule has 0 amide bonds. The molecule has 0 aliphatic carbocycles. The maximum Gasteiger partial charge on any atom is 0.193 e. The minimum atomic E-state index is -0.728. The van der Waals surface area contributed by atoms with Gasteiger partial charge in [-0.1, -0.05) is 0 Å². The molecule has 0 bridgehead atoms. The lowest BCUT2D eigenvalue weighted by Gasteiger charge is -2.08. The van der Waals surface area contributed by atoms with Crippen LogP contribution in [-0.2, 0) is 13.5 Å². The van der Waals surface area contributed by atoms with Gasteiger partial charge in [-0.3, -0.25) is 4.68 Å². The van der Waals surface area contributed by atoms with Crippen LogP contribution in [0.25, 0.3) is 0 Å². The molecule has 0 aliphatic heterocycles. The zero-order valence-corrected chi connectivity index (χ0v) is 11.8. The monoisotopic (exact) mass is 318 g/mol. The molecule has 17 heavy (non-hydrogen) atoms. The number of halogens is 2. The largest absolute Gasteiger partial charge is 0.447 e. The second-order valence-electron chi connectivity index (χ2n) is 3.83. The van der Waals surface area contributed by atoms with E-state index in [4.69, 9.17) is 16.0 Å². The highest BCUT2D eigenvalue weighted by atomic mass is 79.9. The van der Waals surface area contributed by atoms with E-state index < -0.39 is 6.10 Å². The molecule has 92 valence electrons. The van der Waals surface area contributed by atoms with Crippen LogP contribution in [0.1, 0.15) is 23.3 Å². The topological polar surface area (TPSA) is 51.2 Å². The first kappa shape index (κ1) is 12.7. The van der Waals surface area contributed by atoms with Gasteiger partial charge in [0.15, 0.2) is 5.22 Å². The van der Waals surface area contributed by atoms with Crippen LogP contribution in [0.15, 0.2) is 21.0 Å². The summed E-state index contributed by atoms with van der Waals surface area (Å²) in [6, 6.07) is 3.29. The van der Waals surface area contributed by atoms with Gasteiger partial charge in [0.2, 0.25) is 0 Å². The summed E-state index contributed by atoms with van der Waals surface area (Å²) in [6.45, 7) is 1.91. The number of aryl methyl sites for hydroxylation is 2. The Balaban J connectivity index is 2.21. The average molecular weight is 320 g/mol. The van der Waals surface area contributed by atoms with Gasteiger partial charge >= 0.3 is 0 Å². The first-order valence-corrected chi connectivity index (χ1v) is 6.27. The summed E-state index contributed by atoms with van der Waals surface area (Å²) >= 11 is 9.13. The standard InChI is InChI=1S/C11H12BrClN2O2/c1-6-11(12)7(15(2)14-6)5-8(16)9-3-4-10(13)17-9/h3-4,8,16H,5H2,1-2H3. The van der Waals surface area contributed by atoms with Gasteiger partial charge in [-0.15, -0.1) is 0 Å². The molecule has 2 aromatic heterocycles. The minimum absolute atomic E-state index is 0.277. The highest BCUT2D eigenvalue weighted by Crippen LogP contribution is 2.27. The van der Waals surface area contributed by atoms with Crippen LogP contribution in [0.4, 0.5) is 0 Å². The van der Waals surface area contributed by atoms with Crippen LogP contribution in [0, 0.1) is 6.92 Å². The third-order valence-corrected chi connectivity index (χ3v) is 3.81. The predicted molar refractivity (Wildman–Crippen MR) is 68.0 cm³/mol. The minimum Gasteiger partial charge on any atom is -0.447 e. The lowest BCUT2D eigenvalue weighted by Crippen LogP contribution is -2.06. The molecule has 1 unspecified atom stereocenters. The Hall–Kier alpha value is -0.780. The SMILES string of the molecule is Cc1nn(C)c(CC(O)c2ccc(Cl)o2)c1Br. The summed E-state index contributed by atoms with van der Waals surface area (Å²) in [5.74, 6) is 0.459. The molecule has 0 aliphatic rings. The van der Waals surface area contributed by atoms with Crippen molar-refractivity contribution in [2.75, 3.05) is 0 Å². The Morgan fingerprint density at radius 2 is 2.29 bits per heavy atom. The van der Waals surface area contributed by atoms with Crippen molar-refractivity contribution in [2.45, 2.75) is 19.4 Å². The summed E-state index contributed by atoms with van der Waals surface area (Å²) in [5.41, 5.74) is 1.81. The van der Waals surface area contributed by atoms with Crippen molar-refractivity contribution in [3.8, 4) is 0 Å². The van der Waals surface area contributed by atoms with E-state index in [2.05, 4.69) is 21.0 Å². The number of nitrogens with zero attached hydrogens (tertiary/aromatic N) is 2. The number of aliphatic hydroxyl groups excluding tert-OH is 1. The van der Waals surface area contributed by atoms with Gasteiger partial charge in [0, 0.05) is 13.5 Å². The van der Waals surface area contributed by atoms with E-state index in [1.807, 2.05) is 14.0 Å². The summed E-state index contributed by atoms with van der Waals surface area (Å²) in [6.07, 6.45) is -0.310. The molecule has 0 radical (unpaired) electrons. The average Bonchev–Trinajstić information content (AvgIpc) is 2.79. The third-order valence-electron chi connectivity index (χ3n) is 2.57. The summed E-state index contributed by atoms with van der Waals surface area (Å²) in [5, 5.41) is 14.6. The lowest BCUT2D eigenvalue weighted by molar-refractivity contribution is 0.148. The van der Waals surface area contributed by atoms with E-state index in [-0.39, 0.29) is 5.22 Å². The first-order valence-electron chi connectivity index (χ1n) is 5.10. The van der Waals surface area contributed by atoms with E-state index >= 15 is 0 Å². The van der Waals surface area contributed by atoms with Gasteiger partial charge in [0.25, 0.3) is 0 Å². The lowest BCUT2D eigenvalue weighted by atomic mass is 10.1. The van der Waals surface area contributed by atoms with Crippen LogP contribution in [0.3, 0.4) is 0 Å². The zero-order valence-electron chi connectivity index (χ0n) is 9.44. The molecule has 0 fully saturated rings. The van der Waals surface area contributed by atoms with Crippen LogP contribution < -0.4 is 0 Å². The molecule has 2 aromatic rings. The highest BCUT2D eigenvalue weighted by molar-refractivity contribution is 9.10. The second kappa shape index (κ2) is 4.84. The van der Waals surface area contributed by atoms with Gasteiger partial charge in [-0.25, -0.2) is 0 Å². The Kier molecular flexibility index (Phi) is 3.61. The van der Waals surface area contributed by atoms with Crippen LogP contribution in [0.5, 0.6) is 0 Å². The smallest absolute Gasteiger partial charge is 0.193 e. The maximum atomic E-state index is 10.0. The van der Waals surface area contributed by atoms with Crippen LogP contribution in [0.2, 0.25) is 5.22 Å². The normalized spacial score (nSPS) is 13.0. The molecule has 1 atom stereocenters. The Bertz CT molecular complexity index is 536. The molecule has 2 heterocycles. The van der Waals surface area contributed by atoms with Gasteiger partial charge in [-0.05, 0) is 46.6 Å². The molecule has 0 saturated carbocycles. The van der Waals surface area contributed by atoms with Crippen molar-refractivity contribution in [3.63, 3.8) is 0 Å². The van der Waals surface area contributed by atoms with Gasteiger partial charge < -0.3 is 9.52 Å². The molecule has 1 N–H and O–H groups in total. The van der Waals surface area contributed by atoms with E-state index in [0.717, 1.165) is 15.9 Å². The van der Waals surface area contributed by atoms with Crippen molar-refractivity contribution in [3.05, 3.63) is 39.0 Å². The highest BCUT2D eigenvalue weighted by Gasteiger charge is 2.18. The molecule has 0 spiro atoms. The number of aliphatic hydroxyl groups is 1. The number of hydrogen-bond donors (Lipinski definition) is 1. The van der Waals surface area contributed by atoms with E-state index in [1.54, 1.807) is 16.8 Å². The quantitative estimate of drug-likeness (QED) is 0.946. The third kappa shape index (κ3) is 2.56. The van der Waals surface area contributed by atoms with Crippen LogP contribution in [-0.4, -0.2) is 14.9 Å². The van der Waals surface area contributed by atoms with Crippen LogP contribution >= 0.6 is 27.5 Å². The van der Waals surface area contributed by atoms with Gasteiger partial charge in [0.05, 0.1) is 15.9 Å². The Labute approximate surface area is 112 Å². The predicted octanol–water partition coefficient (Wildman–Crippen LogP) is 3.01. The molecule has 0 saturated heterocycles. The number of furan rings is 1. The summed E-state index contributed by atoms with van der Waals surface area (Å²) in [4.78, 5) is 0. The fourth-order valence-corrected chi connectivity index (χ4v) is 2.34. The van der Waals surface area contributed by atoms with Gasteiger partial charge in [0.1, 0.15) is 11.9 Å². The number of hydrogen-bond acceptors (Lipinski definition) is 3. The first-order chi connectivity index (χ1) is 7.99. The molecule has 0 aromatic carbocycles. The van der Waals surface area contributed by atoms with E-state index in [1.165, 1.54) is 0 Å². The molecule has 4 nitrogen and oxygen atoms in total. The molecular weight excluding hydrogens is 307 g/mol. The van der Waals surface area contributed by atoms with Gasteiger partial charge in [-0.2, -0.15) is 5.10 Å². The number of aromatic nitrogens is 2. The van der Waals surface area contributed by atoms with Crippen molar-refractivity contribution >= 4 is 27.5 Å². The Morgan fingerprint density at radius 3 is 2.76 bits per heavy atom. The van der Waals surface area contributed by atoms with E-state index in [9.17, 15) is 5.11 Å². The number of rotatable bonds is 3. The van der Waals surface area contributed by atoms with Crippen molar-refractivity contribution in [2.24, 2.45) is 7.05 Å². The fraction of sp³-hybridized carbons (Fsp3) is 0.364. The molecule has 2 rings (SSSR count). The summed E-state index contributed by atoms with van der Waals surface area (Å²) in [7, 11) is 1.84. The van der Waals surface area contributed by atoms with E-state index in [0.29, 0.717) is 12.2 Å². The maximum absolute atomic E-state index is 10.0. The van der Waals surface area contributed by atoms with Crippen molar-refractivity contribution in [1.29, 1.82) is 0 Å².